The molecule has 0 aliphatic carbocycles. The molecule has 0 aliphatic rings. The van der Waals surface area contributed by atoms with Crippen LogP contribution in [-0.4, -0.2) is 27.9 Å². The number of rotatable bonds is 7. The third kappa shape index (κ3) is 5.21. The summed E-state index contributed by atoms with van der Waals surface area (Å²) in [5.41, 5.74) is 0.680. The average Bonchev–Trinajstić information content (AvgIpc) is 2.44. The molecule has 21 heavy (non-hydrogen) atoms. The van der Waals surface area contributed by atoms with Crippen molar-refractivity contribution < 1.29 is 19.6 Å². The predicted molar refractivity (Wildman–Crippen MR) is 75.8 cm³/mol. The molecule has 1 amide bonds. The SMILES string of the molecule is CC(NC(=O)CCc1cccc([N+](=O)[O-])c1)C(C)C(=O)O. The van der Waals surface area contributed by atoms with E-state index < -0.39 is 22.9 Å². The summed E-state index contributed by atoms with van der Waals surface area (Å²) in [6.45, 7) is 3.15. The summed E-state index contributed by atoms with van der Waals surface area (Å²) in [5.74, 6) is -1.92. The number of hydrogen-bond donors (Lipinski definition) is 2. The number of carbonyl (C=O) groups is 2. The Kier molecular flexibility index (Phi) is 5.83. The fourth-order valence-electron chi connectivity index (χ4n) is 1.75. The van der Waals surface area contributed by atoms with Crippen molar-refractivity contribution in [2.45, 2.75) is 32.7 Å². The van der Waals surface area contributed by atoms with Gasteiger partial charge in [-0.25, -0.2) is 0 Å². The van der Waals surface area contributed by atoms with Crippen LogP contribution < -0.4 is 5.32 Å². The van der Waals surface area contributed by atoms with E-state index in [4.69, 9.17) is 5.11 Å². The van der Waals surface area contributed by atoms with Crippen molar-refractivity contribution in [1.82, 2.24) is 5.32 Å². The predicted octanol–water partition coefficient (Wildman–Crippen LogP) is 1.75. The molecule has 114 valence electrons. The van der Waals surface area contributed by atoms with Crippen LogP contribution in [0, 0.1) is 16.0 Å². The molecular weight excluding hydrogens is 276 g/mol. The van der Waals surface area contributed by atoms with Gasteiger partial charge in [0.2, 0.25) is 5.91 Å². The maximum Gasteiger partial charge on any atom is 0.308 e. The Morgan fingerprint density at radius 1 is 1.38 bits per heavy atom. The number of nitrogens with one attached hydrogen (secondary N) is 1. The Labute approximate surface area is 122 Å². The van der Waals surface area contributed by atoms with Crippen LogP contribution in [0.25, 0.3) is 0 Å². The summed E-state index contributed by atoms with van der Waals surface area (Å²) in [6.07, 6.45) is 0.513. The van der Waals surface area contributed by atoms with Gasteiger partial charge in [-0.1, -0.05) is 12.1 Å². The van der Waals surface area contributed by atoms with E-state index in [9.17, 15) is 19.7 Å². The Morgan fingerprint density at radius 2 is 2.05 bits per heavy atom. The number of carbonyl (C=O) groups excluding carboxylic acids is 1. The highest BCUT2D eigenvalue weighted by Crippen LogP contribution is 2.14. The van der Waals surface area contributed by atoms with Crippen LogP contribution >= 0.6 is 0 Å². The molecule has 0 aromatic heterocycles. The molecule has 0 radical (unpaired) electrons. The molecule has 1 rings (SSSR count). The van der Waals surface area contributed by atoms with E-state index in [0.717, 1.165) is 0 Å². The second-order valence-corrected chi connectivity index (χ2v) is 4.91. The van der Waals surface area contributed by atoms with Gasteiger partial charge in [-0.2, -0.15) is 0 Å². The third-order valence-corrected chi connectivity index (χ3v) is 3.29. The maximum atomic E-state index is 11.7. The first-order chi connectivity index (χ1) is 9.81. The van der Waals surface area contributed by atoms with E-state index in [1.165, 1.54) is 19.1 Å². The number of carboxylic acids is 1. The molecule has 2 atom stereocenters. The van der Waals surface area contributed by atoms with Crippen LogP contribution in [0.4, 0.5) is 5.69 Å². The minimum atomic E-state index is -0.971. The Hall–Kier alpha value is -2.44. The standard InChI is InChI=1S/C14H18N2O5/c1-9(14(18)19)10(2)15-13(17)7-6-11-4-3-5-12(8-11)16(20)21/h3-5,8-10H,6-7H2,1-2H3,(H,15,17)(H,18,19). The summed E-state index contributed by atoms with van der Waals surface area (Å²) in [7, 11) is 0. The normalized spacial score (nSPS) is 13.2. The number of nitrogens with zero attached hydrogens (tertiary/aromatic N) is 1. The lowest BCUT2D eigenvalue weighted by atomic mass is 10.0. The molecule has 0 aliphatic heterocycles. The molecule has 0 fully saturated rings. The highest BCUT2D eigenvalue weighted by molar-refractivity contribution is 5.78. The largest absolute Gasteiger partial charge is 0.481 e. The molecule has 1 aromatic rings. The number of aliphatic carboxylic acids is 1. The van der Waals surface area contributed by atoms with Crippen LogP contribution in [0.2, 0.25) is 0 Å². The van der Waals surface area contributed by atoms with Gasteiger partial charge in [-0.15, -0.1) is 0 Å². The molecule has 2 unspecified atom stereocenters. The fraction of sp³-hybridized carbons (Fsp3) is 0.429. The van der Waals surface area contributed by atoms with Gasteiger partial charge in [0.15, 0.2) is 0 Å². The Balaban J connectivity index is 2.51. The third-order valence-electron chi connectivity index (χ3n) is 3.29. The van der Waals surface area contributed by atoms with Crippen LogP contribution in [0.1, 0.15) is 25.8 Å². The van der Waals surface area contributed by atoms with Crippen molar-refractivity contribution in [1.29, 1.82) is 0 Å². The monoisotopic (exact) mass is 294 g/mol. The van der Waals surface area contributed by atoms with E-state index in [2.05, 4.69) is 5.32 Å². The molecule has 0 bridgehead atoms. The molecule has 7 heteroatoms. The highest BCUT2D eigenvalue weighted by atomic mass is 16.6. The van der Waals surface area contributed by atoms with Crippen molar-refractivity contribution in [3.63, 3.8) is 0 Å². The van der Waals surface area contributed by atoms with Crippen molar-refractivity contribution >= 4 is 17.6 Å². The second kappa shape index (κ2) is 7.37. The molecule has 0 heterocycles. The van der Waals surface area contributed by atoms with E-state index in [0.29, 0.717) is 12.0 Å². The lowest BCUT2D eigenvalue weighted by Crippen LogP contribution is -2.40. The average molecular weight is 294 g/mol. The number of benzene rings is 1. The van der Waals surface area contributed by atoms with Gasteiger partial charge in [0.1, 0.15) is 0 Å². The van der Waals surface area contributed by atoms with Crippen molar-refractivity contribution in [2.75, 3.05) is 0 Å². The molecule has 2 N–H and O–H groups in total. The Bertz CT molecular complexity index is 544. The fourth-order valence-corrected chi connectivity index (χ4v) is 1.75. The number of nitro groups is 1. The molecule has 1 aromatic carbocycles. The molecular formula is C14H18N2O5. The lowest BCUT2D eigenvalue weighted by molar-refractivity contribution is -0.384. The number of nitro benzene ring substituents is 1. The molecule has 0 saturated carbocycles. The van der Waals surface area contributed by atoms with Gasteiger partial charge < -0.3 is 10.4 Å². The molecule has 0 spiro atoms. The number of carboxylic acid groups (broad SMARTS) is 1. The quantitative estimate of drug-likeness (QED) is 0.588. The zero-order chi connectivity index (χ0) is 16.0. The number of hydrogen-bond acceptors (Lipinski definition) is 4. The first-order valence-electron chi connectivity index (χ1n) is 6.56. The van der Waals surface area contributed by atoms with E-state index in [1.54, 1.807) is 19.1 Å². The highest BCUT2D eigenvalue weighted by Gasteiger charge is 2.20. The summed E-state index contributed by atoms with van der Waals surface area (Å²) in [4.78, 5) is 32.7. The van der Waals surface area contributed by atoms with Crippen LogP contribution in [0.5, 0.6) is 0 Å². The number of non-ortho nitro benzene ring substituents is 1. The van der Waals surface area contributed by atoms with Gasteiger partial charge in [0.25, 0.3) is 5.69 Å². The minimum Gasteiger partial charge on any atom is -0.481 e. The maximum absolute atomic E-state index is 11.7. The van der Waals surface area contributed by atoms with Gasteiger partial charge in [-0.3, -0.25) is 19.7 Å². The van der Waals surface area contributed by atoms with Gasteiger partial charge in [0, 0.05) is 24.6 Å². The smallest absolute Gasteiger partial charge is 0.308 e. The number of aryl methyl sites for hydroxylation is 1. The lowest BCUT2D eigenvalue weighted by Gasteiger charge is -2.17. The van der Waals surface area contributed by atoms with Crippen LogP contribution in [0.3, 0.4) is 0 Å². The van der Waals surface area contributed by atoms with E-state index in [-0.39, 0.29) is 18.0 Å². The van der Waals surface area contributed by atoms with Crippen LogP contribution in [0.15, 0.2) is 24.3 Å². The van der Waals surface area contributed by atoms with Gasteiger partial charge in [0.05, 0.1) is 10.8 Å². The second-order valence-electron chi connectivity index (χ2n) is 4.91. The summed E-state index contributed by atoms with van der Waals surface area (Å²) in [6, 6.07) is 5.63. The molecule has 0 saturated heterocycles. The summed E-state index contributed by atoms with van der Waals surface area (Å²) >= 11 is 0. The number of amides is 1. The zero-order valence-electron chi connectivity index (χ0n) is 11.9. The first kappa shape index (κ1) is 16.6. The van der Waals surface area contributed by atoms with E-state index in [1.807, 2.05) is 0 Å². The van der Waals surface area contributed by atoms with Gasteiger partial charge >= 0.3 is 5.97 Å². The zero-order valence-corrected chi connectivity index (χ0v) is 11.9. The Morgan fingerprint density at radius 3 is 2.62 bits per heavy atom. The van der Waals surface area contributed by atoms with Crippen molar-refractivity contribution in [3.8, 4) is 0 Å². The first-order valence-corrected chi connectivity index (χ1v) is 6.56. The summed E-state index contributed by atoms with van der Waals surface area (Å²) in [5, 5.41) is 22.1. The minimum absolute atomic E-state index is 0.0132. The summed E-state index contributed by atoms with van der Waals surface area (Å²) < 4.78 is 0. The van der Waals surface area contributed by atoms with Crippen molar-refractivity contribution in [2.24, 2.45) is 5.92 Å². The van der Waals surface area contributed by atoms with E-state index >= 15 is 0 Å². The topological polar surface area (TPSA) is 110 Å². The molecule has 7 nitrogen and oxygen atoms in total. The van der Waals surface area contributed by atoms with Crippen LogP contribution in [-0.2, 0) is 16.0 Å². The van der Waals surface area contributed by atoms with Crippen molar-refractivity contribution in [3.05, 3.63) is 39.9 Å². The van der Waals surface area contributed by atoms with Gasteiger partial charge in [-0.05, 0) is 25.8 Å².